The van der Waals surface area contributed by atoms with Crippen molar-refractivity contribution >= 4 is 33.5 Å². The van der Waals surface area contributed by atoms with Crippen molar-refractivity contribution in [1.29, 1.82) is 0 Å². The maximum atomic E-state index is 12.9. The van der Waals surface area contributed by atoms with Crippen molar-refractivity contribution in [3.63, 3.8) is 0 Å². The minimum atomic E-state index is -1.56. The Morgan fingerprint density at radius 3 is 2.61 bits per heavy atom. The number of ether oxygens (including phenoxy) is 1. The van der Waals surface area contributed by atoms with Crippen molar-refractivity contribution < 1.29 is 29.3 Å². The highest BCUT2D eigenvalue weighted by atomic mass is 79.9. The normalized spacial score (nSPS) is 45.8. The number of ketones is 2. The Morgan fingerprint density at radius 2 is 2.00 bits per heavy atom. The molecule has 8 atom stereocenters. The predicted molar refractivity (Wildman–Crippen MR) is 117 cm³/mol. The van der Waals surface area contributed by atoms with Crippen molar-refractivity contribution in [2.24, 2.45) is 34.5 Å². The quantitative estimate of drug-likeness (QED) is 0.463. The molecule has 0 spiro atoms. The predicted octanol–water partition coefficient (Wildman–Crippen LogP) is 2.87. The van der Waals surface area contributed by atoms with Crippen LogP contribution in [0.3, 0.4) is 0 Å². The zero-order valence-corrected chi connectivity index (χ0v) is 19.8. The summed E-state index contributed by atoms with van der Waals surface area (Å²) in [7, 11) is 0. The molecule has 6 nitrogen and oxygen atoms in total. The Kier molecular flexibility index (Phi) is 5.27. The first-order valence-corrected chi connectivity index (χ1v) is 11.9. The van der Waals surface area contributed by atoms with E-state index in [1.807, 2.05) is 26.8 Å². The van der Waals surface area contributed by atoms with Crippen molar-refractivity contribution in [2.75, 3.05) is 5.33 Å². The van der Waals surface area contributed by atoms with E-state index in [0.717, 1.165) is 0 Å². The van der Waals surface area contributed by atoms with Gasteiger partial charge >= 0.3 is 5.97 Å². The number of aliphatic hydroxyl groups excluding tert-OH is 1. The molecule has 0 aromatic carbocycles. The van der Waals surface area contributed by atoms with Crippen molar-refractivity contribution in [1.82, 2.24) is 0 Å². The van der Waals surface area contributed by atoms with Crippen LogP contribution < -0.4 is 0 Å². The molecule has 7 heteroatoms. The minimum Gasteiger partial charge on any atom is -0.427 e. The number of rotatable bonds is 3. The second-order valence-corrected chi connectivity index (χ2v) is 10.6. The monoisotopic (exact) mass is 492 g/mol. The first kappa shape index (κ1) is 22.6. The fourth-order valence-corrected chi connectivity index (χ4v) is 7.58. The van der Waals surface area contributed by atoms with E-state index < -0.39 is 28.5 Å². The molecule has 0 radical (unpaired) electrons. The third kappa shape index (κ3) is 2.92. The van der Waals surface area contributed by atoms with E-state index in [0.29, 0.717) is 17.8 Å². The Bertz CT molecular complexity index is 950. The SMILES string of the molecule is CC(=O)OC1=C[C@@H]2[C@H](C(O)C[C@@]3(C)[C@H]2CC(C)[C@]3(O)C(=O)CBr)[C@@]2(C)C=CC(=O)C=C12. The lowest BCUT2D eigenvalue weighted by atomic mass is 9.47. The number of alkyl halides is 1. The van der Waals surface area contributed by atoms with E-state index in [-0.39, 0.29) is 47.0 Å². The highest BCUT2D eigenvalue weighted by Gasteiger charge is 2.70. The molecule has 2 saturated carbocycles. The fraction of sp³-hybridized carbons (Fsp3) is 0.625. The van der Waals surface area contributed by atoms with Crippen LogP contribution in [-0.4, -0.2) is 44.8 Å². The molecule has 0 bridgehead atoms. The molecule has 4 rings (SSSR count). The zero-order chi connectivity index (χ0) is 22.9. The molecular weight excluding hydrogens is 464 g/mol. The fourth-order valence-electron chi connectivity index (χ4n) is 7.16. The average molecular weight is 493 g/mol. The van der Waals surface area contributed by atoms with Crippen LogP contribution in [0, 0.1) is 34.5 Å². The van der Waals surface area contributed by atoms with E-state index in [1.54, 1.807) is 6.08 Å². The lowest BCUT2D eigenvalue weighted by Crippen LogP contribution is -2.62. The van der Waals surface area contributed by atoms with Crippen LogP contribution in [0.15, 0.2) is 35.6 Å². The smallest absolute Gasteiger partial charge is 0.308 e. The summed E-state index contributed by atoms with van der Waals surface area (Å²) in [4.78, 5) is 36.9. The Balaban J connectivity index is 1.90. The minimum absolute atomic E-state index is 0.0460. The molecule has 4 aliphatic rings. The number of carbonyl (C=O) groups excluding carboxylic acids is 3. The van der Waals surface area contributed by atoms with Gasteiger partial charge in [-0.25, -0.2) is 0 Å². The molecule has 0 heterocycles. The van der Waals surface area contributed by atoms with Gasteiger partial charge in [-0.1, -0.05) is 42.8 Å². The molecule has 168 valence electrons. The number of carbonyl (C=O) groups is 3. The summed E-state index contributed by atoms with van der Waals surface area (Å²) in [5.41, 5.74) is -2.50. The first-order chi connectivity index (χ1) is 14.4. The Labute approximate surface area is 190 Å². The molecule has 0 aromatic heterocycles. The lowest BCUT2D eigenvalue weighted by Gasteiger charge is -2.58. The molecule has 0 saturated heterocycles. The summed E-state index contributed by atoms with van der Waals surface area (Å²) in [6.07, 6.45) is 6.70. The summed E-state index contributed by atoms with van der Waals surface area (Å²) in [6, 6.07) is 0. The molecule has 2 N–H and O–H groups in total. The van der Waals surface area contributed by atoms with Crippen molar-refractivity contribution in [3.05, 3.63) is 35.6 Å². The first-order valence-electron chi connectivity index (χ1n) is 10.8. The van der Waals surface area contributed by atoms with Crippen LogP contribution in [-0.2, 0) is 19.1 Å². The Hall–Kier alpha value is -1.57. The van der Waals surface area contributed by atoms with Gasteiger partial charge in [0.15, 0.2) is 11.6 Å². The molecule has 2 fully saturated rings. The number of halogens is 1. The summed E-state index contributed by atoms with van der Waals surface area (Å²) in [6.45, 7) is 7.05. The maximum Gasteiger partial charge on any atom is 0.308 e. The van der Waals surface area contributed by atoms with Crippen LogP contribution in [0.5, 0.6) is 0 Å². The van der Waals surface area contributed by atoms with Gasteiger partial charge in [0.25, 0.3) is 0 Å². The van der Waals surface area contributed by atoms with E-state index in [1.165, 1.54) is 19.1 Å². The third-order valence-corrected chi connectivity index (χ3v) is 9.01. The molecule has 2 unspecified atom stereocenters. The molecule has 0 amide bonds. The maximum absolute atomic E-state index is 12.9. The third-order valence-electron chi connectivity index (χ3n) is 8.50. The molecule has 4 aliphatic carbocycles. The number of esters is 1. The van der Waals surface area contributed by atoms with E-state index >= 15 is 0 Å². The van der Waals surface area contributed by atoms with Crippen LogP contribution in [0.25, 0.3) is 0 Å². The van der Waals surface area contributed by atoms with Gasteiger partial charge in [0, 0.05) is 29.2 Å². The number of hydrogen-bond donors (Lipinski definition) is 2. The van der Waals surface area contributed by atoms with Crippen LogP contribution in [0.1, 0.15) is 40.5 Å². The number of hydrogen-bond acceptors (Lipinski definition) is 6. The van der Waals surface area contributed by atoms with Gasteiger partial charge in [-0.15, -0.1) is 0 Å². The van der Waals surface area contributed by atoms with Crippen LogP contribution in [0.4, 0.5) is 0 Å². The molecular formula is C24H29BrO6. The summed E-state index contributed by atoms with van der Waals surface area (Å²) in [5.74, 6) is -1.50. The van der Waals surface area contributed by atoms with Gasteiger partial charge in [-0.05, 0) is 48.8 Å². The topological polar surface area (TPSA) is 101 Å². The van der Waals surface area contributed by atoms with Crippen molar-refractivity contribution in [3.8, 4) is 0 Å². The summed E-state index contributed by atoms with van der Waals surface area (Å²) < 4.78 is 5.54. The van der Waals surface area contributed by atoms with E-state index in [4.69, 9.17) is 4.74 Å². The largest absolute Gasteiger partial charge is 0.427 e. The molecule has 0 aliphatic heterocycles. The molecule has 31 heavy (non-hydrogen) atoms. The van der Waals surface area contributed by atoms with Gasteiger partial charge in [0.05, 0.1) is 11.4 Å². The van der Waals surface area contributed by atoms with Gasteiger partial charge in [0.1, 0.15) is 11.4 Å². The summed E-state index contributed by atoms with van der Waals surface area (Å²) >= 11 is 3.22. The van der Waals surface area contributed by atoms with Crippen LogP contribution in [0.2, 0.25) is 0 Å². The lowest BCUT2D eigenvalue weighted by molar-refractivity contribution is -0.174. The van der Waals surface area contributed by atoms with Gasteiger partial charge in [-0.2, -0.15) is 0 Å². The van der Waals surface area contributed by atoms with Crippen molar-refractivity contribution in [2.45, 2.75) is 52.2 Å². The van der Waals surface area contributed by atoms with E-state index in [9.17, 15) is 24.6 Å². The second-order valence-electron chi connectivity index (χ2n) is 10.1. The standard InChI is InChI=1S/C24H29BrO6/c1-12-7-16-15-9-19(31-13(2)26)17-8-14(27)5-6-22(17,3)21(15)18(28)10-23(16,4)24(12,30)20(29)11-25/h5-6,8-9,12,15-16,18,21,28,30H,7,10-11H2,1-4H3/t12?,15-,16-,18?,21+,22-,23-,24-/m0/s1. The Morgan fingerprint density at radius 1 is 1.32 bits per heavy atom. The second kappa shape index (κ2) is 7.22. The highest BCUT2D eigenvalue weighted by Crippen LogP contribution is 2.67. The van der Waals surface area contributed by atoms with E-state index in [2.05, 4.69) is 15.9 Å². The number of fused-ring (bicyclic) bond motifs is 5. The number of aliphatic hydroxyl groups is 2. The summed E-state index contributed by atoms with van der Waals surface area (Å²) in [5, 5.41) is 23.1. The molecule has 0 aromatic rings. The van der Waals surface area contributed by atoms with Gasteiger partial charge < -0.3 is 14.9 Å². The van der Waals surface area contributed by atoms with Gasteiger partial charge in [-0.3, -0.25) is 14.4 Å². The number of Topliss-reactive ketones (excluding diaryl/α,β-unsaturated/α-hetero) is 1. The van der Waals surface area contributed by atoms with Gasteiger partial charge in [0.2, 0.25) is 0 Å². The van der Waals surface area contributed by atoms with Crippen LogP contribution >= 0.6 is 15.9 Å². The highest BCUT2D eigenvalue weighted by molar-refractivity contribution is 9.09. The average Bonchev–Trinajstić information content (AvgIpc) is 2.89. The number of allylic oxidation sites excluding steroid dienone is 5. The zero-order valence-electron chi connectivity index (χ0n) is 18.2.